The van der Waals surface area contributed by atoms with Gasteiger partial charge < -0.3 is 19.7 Å². The fourth-order valence-corrected chi connectivity index (χ4v) is 4.77. The third kappa shape index (κ3) is 4.55. The zero-order chi connectivity index (χ0) is 20.5. The number of likely N-dealkylation sites (tertiary alicyclic amines) is 1. The molecule has 3 aliphatic rings. The van der Waals surface area contributed by atoms with E-state index >= 15 is 0 Å². The average molecular weight is 402 g/mol. The summed E-state index contributed by atoms with van der Waals surface area (Å²) in [6.07, 6.45) is 5.89. The number of fused-ring (bicyclic) bond motifs is 1. The molecule has 2 aliphatic carbocycles. The van der Waals surface area contributed by atoms with Gasteiger partial charge >= 0.3 is 0 Å². The summed E-state index contributed by atoms with van der Waals surface area (Å²) in [6.45, 7) is 5.66. The van der Waals surface area contributed by atoms with E-state index in [9.17, 15) is 9.59 Å². The second-order valence-electron chi connectivity index (χ2n) is 8.85. The van der Waals surface area contributed by atoms with Crippen molar-refractivity contribution in [1.82, 2.24) is 15.2 Å². The molecule has 29 heavy (non-hydrogen) atoms. The van der Waals surface area contributed by atoms with Gasteiger partial charge in [0.15, 0.2) is 0 Å². The molecule has 2 saturated carbocycles. The van der Waals surface area contributed by atoms with Gasteiger partial charge in [-0.05, 0) is 56.4 Å². The van der Waals surface area contributed by atoms with E-state index in [-0.39, 0.29) is 24.0 Å². The van der Waals surface area contributed by atoms with Crippen LogP contribution in [0.1, 0.15) is 48.7 Å². The molecule has 1 N–H and O–H groups in total. The Labute approximate surface area is 172 Å². The SMILES string of the molecule is COc1cnc(C)cc1C(=O)N1C[C@H]2C[C@@H](NC(C)=O)[C@H](OCC3CC3)C[C@H]2C1. The van der Waals surface area contributed by atoms with E-state index in [1.54, 1.807) is 26.3 Å². The van der Waals surface area contributed by atoms with E-state index in [0.717, 1.165) is 31.7 Å². The fraction of sp³-hybridized carbons (Fsp3) is 0.682. The first-order valence-electron chi connectivity index (χ1n) is 10.6. The van der Waals surface area contributed by atoms with Crippen LogP contribution >= 0.6 is 0 Å². The highest BCUT2D eigenvalue weighted by Crippen LogP contribution is 2.39. The Bertz CT molecular complexity index is 779. The normalized spacial score (nSPS) is 28.7. The van der Waals surface area contributed by atoms with Gasteiger partial charge in [0.2, 0.25) is 5.91 Å². The Hall–Kier alpha value is -2.15. The second kappa shape index (κ2) is 8.30. The minimum Gasteiger partial charge on any atom is -0.494 e. The molecule has 2 heterocycles. The molecule has 7 heteroatoms. The largest absolute Gasteiger partial charge is 0.494 e. The van der Waals surface area contributed by atoms with Gasteiger partial charge in [0.05, 0.1) is 31.0 Å². The number of pyridine rings is 1. The lowest BCUT2D eigenvalue weighted by atomic mass is 9.77. The Balaban J connectivity index is 1.46. The summed E-state index contributed by atoms with van der Waals surface area (Å²) in [5.74, 6) is 1.96. The zero-order valence-corrected chi connectivity index (χ0v) is 17.5. The molecule has 4 rings (SSSR count). The number of amides is 2. The van der Waals surface area contributed by atoms with Crippen molar-refractivity contribution < 1.29 is 19.1 Å². The average Bonchev–Trinajstić information content (AvgIpc) is 3.43. The number of methoxy groups -OCH3 is 1. The molecule has 1 aromatic rings. The number of hydrogen-bond acceptors (Lipinski definition) is 5. The molecular weight excluding hydrogens is 370 g/mol. The molecule has 0 spiro atoms. The van der Waals surface area contributed by atoms with Gasteiger partial charge in [-0.25, -0.2) is 0 Å². The van der Waals surface area contributed by atoms with Gasteiger partial charge in [-0.3, -0.25) is 14.6 Å². The van der Waals surface area contributed by atoms with Crippen LogP contribution < -0.4 is 10.1 Å². The highest BCUT2D eigenvalue weighted by Gasteiger charge is 2.45. The smallest absolute Gasteiger partial charge is 0.257 e. The number of nitrogens with one attached hydrogen (secondary N) is 1. The standard InChI is InChI=1S/C22H31N3O4/c1-13-6-18(21(28-3)9-23-13)22(27)25-10-16-7-19(24-14(2)26)20(8-17(16)11-25)29-12-15-4-5-15/h6,9,15-17,19-20H,4-5,7-8,10-12H2,1-3H3,(H,24,26)/t16-,17+,19-,20-/m1/s1. The fourth-order valence-electron chi connectivity index (χ4n) is 4.77. The van der Waals surface area contributed by atoms with Crippen molar-refractivity contribution in [3.63, 3.8) is 0 Å². The van der Waals surface area contributed by atoms with Gasteiger partial charge in [-0.15, -0.1) is 0 Å². The predicted octanol–water partition coefficient (Wildman–Crippen LogP) is 2.18. The summed E-state index contributed by atoms with van der Waals surface area (Å²) in [6, 6.07) is 1.82. The molecule has 1 aromatic heterocycles. The van der Waals surface area contributed by atoms with Gasteiger partial charge in [-0.2, -0.15) is 0 Å². The molecule has 1 aliphatic heterocycles. The van der Waals surface area contributed by atoms with Crippen molar-refractivity contribution in [2.45, 2.75) is 51.7 Å². The third-order valence-electron chi connectivity index (χ3n) is 6.49. The van der Waals surface area contributed by atoms with Crippen molar-refractivity contribution in [2.24, 2.45) is 17.8 Å². The number of rotatable bonds is 6. The number of hydrogen-bond donors (Lipinski definition) is 1. The molecule has 158 valence electrons. The third-order valence-corrected chi connectivity index (χ3v) is 6.49. The molecule has 0 radical (unpaired) electrons. The summed E-state index contributed by atoms with van der Waals surface area (Å²) in [7, 11) is 1.56. The van der Waals surface area contributed by atoms with Crippen molar-refractivity contribution in [3.8, 4) is 5.75 Å². The van der Waals surface area contributed by atoms with E-state index in [1.165, 1.54) is 12.8 Å². The van der Waals surface area contributed by atoms with Crippen molar-refractivity contribution in [1.29, 1.82) is 0 Å². The summed E-state index contributed by atoms with van der Waals surface area (Å²) >= 11 is 0. The minimum atomic E-state index is -0.0172. The number of aryl methyl sites for hydroxylation is 1. The lowest BCUT2D eigenvalue weighted by molar-refractivity contribution is -0.122. The maximum Gasteiger partial charge on any atom is 0.257 e. The monoisotopic (exact) mass is 401 g/mol. The highest BCUT2D eigenvalue weighted by atomic mass is 16.5. The summed E-state index contributed by atoms with van der Waals surface area (Å²) in [5, 5.41) is 3.09. The second-order valence-corrected chi connectivity index (χ2v) is 8.85. The van der Waals surface area contributed by atoms with E-state index in [4.69, 9.17) is 9.47 Å². The highest BCUT2D eigenvalue weighted by molar-refractivity contribution is 5.97. The topological polar surface area (TPSA) is 80.8 Å². The van der Waals surface area contributed by atoms with Crippen LogP contribution in [0.25, 0.3) is 0 Å². The summed E-state index contributed by atoms with van der Waals surface area (Å²) < 4.78 is 11.6. The van der Waals surface area contributed by atoms with Crippen LogP contribution in [0.15, 0.2) is 12.3 Å². The van der Waals surface area contributed by atoms with Gasteiger partial charge in [0.25, 0.3) is 5.91 Å². The predicted molar refractivity (Wildman–Crippen MR) is 108 cm³/mol. The lowest BCUT2D eigenvalue weighted by Gasteiger charge is -2.38. The number of carbonyl (C=O) groups is 2. The van der Waals surface area contributed by atoms with Crippen LogP contribution in [0.2, 0.25) is 0 Å². The van der Waals surface area contributed by atoms with Gasteiger partial charge in [0, 0.05) is 32.3 Å². The minimum absolute atomic E-state index is 0.00623. The Morgan fingerprint density at radius 2 is 1.97 bits per heavy atom. The van der Waals surface area contributed by atoms with E-state index in [1.807, 2.05) is 11.8 Å². The first-order chi connectivity index (χ1) is 13.9. The molecular formula is C22H31N3O4. The molecule has 2 amide bonds. The van der Waals surface area contributed by atoms with Crippen LogP contribution in [0.4, 0.5) is 0 Å². The molecule has 3 fully saturated rings. The van der Waals surface area contributed by atoms with Crippen molar-refractivity contribution >= 4 is 11.8 Å². The molecule has 0 aromatic carbocycles. The quantitative estimate of drug-likeness (QED) is 0.790. The number of aromatic nitrogens is 1. The number of carbonyl (C=O) groups excluding carboxylic acids is 2. The maximum absolute atomic E-state index is 13.2. The van der Waals surface area contributed by atoms with E-state index < -0.39 is 0 Å². The molecule has 1 saturated heterocycles. The number of ether oxygens (including phenoxy) is 2. The van der Waals surface area contributed by atoms with Gasteiger partial charge in [-0.1, -0.05) is 0 Å². The summed E-state index contributed by atoms with van der Waals surface area (Å²) in [4.78, 5) is 31.1. The summed E-state index contributed by atoms with van der Waals surface area (Å²) in [5.41, 5.74) is 1.36. The molecule has 0 unspecified atom stereocenters. The van der Waals surface area contributed by atoms with Crippen molar-refractivity contribution in [3.05, 3.63) is 23.5 Å². The van der Waals surface area contributed by atoms with Gasteiger partial charge in [0.1, 0.15) is 5.75 Å². The van der Waals surface area contributed by atoms with E-state index in [0.29, 0.717) is 35.6 Å². The Morgan fingerprint density at radius 3 is 2.62 bits per heavy atom. The zero-order valence-electron chi connectivity index (χ0n) is 17.5. The Kier molecular flexibility index (Phi) is 5.76. The first kappa shape index (κ1) is 20.1. The molecule has 4 atom stereocenters. The van der Waals surface area contributed by atoms with Crippen LogP contribution in [0.3, 0.4) is 0 Å². The van der Waals surface area contributed by atoms with E-state index in [2.05, 4.69) is 10.3 Å². The van der Waals surface area contributed by atoms with Crippen LogP contribution in [0, 0.1) is 24.7 Å². The number of nitrogens with zero attached hydrogens (tertiary/aromatic N) is 2. The maximum atomic E-state index is 13.2. The van der Waals surface area contributed by atoms with Crippen LogP contribution in [-0.2, 0) is 9.53 Å². The van der Waals surface area contributed by atoms with Crippen molar-refractivity contribution in [2.75, 3.05) is 26.8 Å². The first-order valence-corrected chi connectivity index (χ1v) is 10.6. The van der Waals surface area contributed by atoms with Crippen LogP contribution in [-0.4, -0.2) is 60.7 Å². The Morgan fingerprint density at radius 1 is 1.24 bits per heavy atom. The van der Waals surface area contributed by atoms with Crippen LogP contribution in [0.5, 0.6) is 5.75 Å². The lowest BCUT2D eigenvalue weighted by Crippen LogP contribution is -2.50. The molecule has 0 bridgehead atoms. The molecule has 7 nitrogen and oxygen atoms in total.